The monoisotopic (exact) mass is 271 g/mol. The average Bonchev–Trinajstić information content (AvgIpc) is 2.75. The lowest BCUT2D eigenvalue weighted by Gasteiger charge is -2.31. The normalized spacial score (nSPS) is 23.9. The number of hydrogen-bond donors (Lipinski definition) is 0. The van der Waals surface area contributed by atoms with Gasteiger partial charge in [-0.25, -0.2) is 0 Å². The summed E-state index contributed by atoms with van der Waals surface area (Å²) in [6.07, 6.45) is 9.17. The molecule has 0 saturated carbocycles. The highest BCUT2D eigenvalue weighted by molar-refractivity contribution is 5.78. The van der Waals surface area contributed by atoms with Gasteiger partial charge in [0.15, 0.2) is 0 Å². The summed E-state index contributed by atoms with van der Waals surface area (Å²) in [6, 6.07) is 8.79. The van der Waals surface area contributed by atoms with E-state index in [0.717, 1.165) is 31.4 Å². The molecular weight excluding hydrogens is 250 g/mol. The number of rotatable bonds is 4. The van der Waals surface area contributed by atoms with Crippen LogP contribution in [0.2, 0.25) is 0 Å². The van der Waals surface area contributed by atoms with Crippen LogP contribution in [0.4, 0.5) is 0 Å². The van der Waals surface area contributed by atoms with Crippen LogP contribution >= 0.6 is 0 Å². The van der Waals surface area contributed by atoms with E-state index in [1.165, 1.54) is 5.56 Å². The van der Waals surface area contributed by atoms with E-state index >= 15 is 0 Å². The first-order valence-electron chi connectivity index (χ1n) is 7.38. The Morgan fingerprint density at radius 3 is 2.80 bits per heavy atom. The second-order valence-electron chi connectivity index (χ2n) is 5.61. The Morgan fingerprint density at radius 1 is 1.30 bits per heavy atom. The van der Waals surface area contributed by atoms with Crippen molar-refractivity contribution in [3.63, 3.8) is 0 Å². The number of amides is 1. The Labute approximate surface area is 120 Å². The molecule has 0 spiro atoms. The van der Waals surface area contributed by atoms with Crippen LogP contribution in [0.15, 0.2) is 36.4 Å². The van der Waals surface area contributed by atoms with Gasteiger partial charge in [0, 0.05) is 12.5 Å². The minimum atomic E-state index is 0.303. The third-order valence-corrected chi connectivity index (χ3v) is 4.39. The lowest BCUT2D eigenvalue weighted by Crippen LogP contribution is -2.42. The molecule has 0 unspecified atom stereocenters. The number of carbonyl (C=O) groups is 1. The molecule has 2 bridgehead atoms. The number of fused-ring (bicyclic) bond motifs is 2. The summed E-state index contributed by atoms with van der Waals surface area (Å²) >= 11 is 0. The predicted molar refractivity (Wildman–Crippen MR) is 78.7 cm³/mol. The largest absolute Gasteiger partial charge is 0.497 e. The molecule has 3 nitrogen and oxygen atoms in total. The number of carbonyl (C=O) groups excluding carboxylic acids is 1. The molecule has 1 fully saturated rings. The summed E-state index contributed by atoms with van der Waals surface area (Å²) in [7, 11) is 1.66. The Kier molecular flexibility index (Phi) is 3.77. The van der Waals surface area contributed by atoms with Crippen molar-refractivity contribution in [2.75, 3.05) is 7.11 Å². The number of aryl methyl sites for hydroxylation is 1. The molecular formula is C17H21NO2. The lowest BCUT2D eigenvalue weighted by molar-refractivity contribution is -0.133. The van der Waals surface area contributed by atoms with Crippen molar-refractivity contribution in [3.8, 4) is 5.75 Å². The molecule has 3 heteroatoms. The molecule has 1 aromatic rings. The Bertz CT molecular complexity index is 506. The fourth-order valence-corrected chi connectivity index (χ4v) is 3.29. The first kappa shape index (κ1) is 13.2. The number of methoxy groups -OCH3 is 1. The summed E-state index contributed by atoms with van der Waals surface area (Å²) in [5, 5.41) is 0. The first-order chi connectivity index (χ1) is 9.78. The first-order valence-corrected chi connectivity index (χ1v) is 7.38. The lowest BCUT2D eigenvalue weighted by atomic mass is 10.1. The standard InChI is InChI=1S/C17H21NO2/c1-20-16-10-5-13(6-11-16)7-12-17(19)18-14-3-2-4-15(18)9-8-14/h2-3,5-6,10-11,14-15H,4,7-9,12H2,1H3/t14-,15-/m0/s1. The van der Waals surface area contributed by atoms with E-state index in [9.17, 15) is 4.79 Å². The second kappa shape index (κ2) is 5.70. The van der Waals surface area contributed by atoms with Crippen LogP contribution in [0.1, 0.15) is 31.2 Å². The number of nitrogens with zero attached hydrogens (tertiary/aromatic N) is 1. The van der Waals surface area contributed by atoms with E-state index < -0.39 is 0 Å². The van der Waals surface area contributed by atoms with Crippen LogP contribution in [-0.4, -0.2) is 30.0 Å². The van der Waals surface area contributed by atoms with Crippen molar-refractivity contribution < 1.29 is 9.53 Å². The van der Waals surface area contributed by atoms with Gasteiger partial charge in [-0.2, -0.15) is 0 Å². The van der Waals surface area contributed by atoms with Gasteiger partial charge in [-0.1, -0.05) is 24.3 Å². The van der Waals surface area contributed by atoms with E-state index in [1.54, 1.807) is 7.11 Å². The third kappa shape index (κ3) is 2.58. The van der Waals surface area contributed by atoms with Crippen molar-refractivity contribution in [1.82, 2.24) is 4.90 Å². The zero-order chi connectivity index (χ0) is 13.9. The number of hydrogen-bond acceptors (Lipinski definition) is 2. The van der Waals surface area contributed by atoms with Gasteiger partial charge in [-0.05, 0) is 43.4 Å². The van der Waals surface area contributed by atoms with Crippen LogP contribution in [0, 0.1) is 0 Å². The minimum Gasteiger partial charge on any atom is -0.497 e. The minimum absolute atomic E-state index is 0.303. The van der Waals surface area contributed by atoms with Crippen LogP contribution in [-0.2, 0) is 11.2 Å². The van der Waals surface area contributed by atoms with E-state index in [0.29, 0.717) is 24.4 Å². The van der Waals surface area contributed by atoms with Crippen LogP contribution in [0.5, 0.6) is 5.75 Å². The Morgan fingerprint density at radius 2 is 2.10 bits per heavy atom. The smallest absolute Gasteiger partial charge is 0.223 e. The van der Waals surface area contributed by atoms with Gasteiger partial charge in [0.05, 0.1) is 13.2 Å². The molecule has 20 heavy (non-hydrogen) atoms. The predicted octanol–water partition coefficient (Wildman–Crippen LogP) is 2.95. The van der Waals surface area contributed by atoms with Crippen molar-refractivity contribution >= 4 is 5.91 Å². The van der Waals surface area contributed by atoms with Crippen molar-refractivity contribution in [1.29, 1.82) is 0 Å². The van der Waals surface area contributed by atoms with Crippen LogP contribution in [0.3, 0.4) is 0 Å². The Balaban J connectivity index is 1.58. The zero-order valence-corrected chi connectivity index (χ0v) is 11.9. The summed E-state index contributed by atoms with van der Waals surface area (Å²) in [5.41, 5.74) is 1.19. The Hall–Kier alpha value is -1.77. The highest BCUT2D eigenvalue weighted by Gasteiger charge is 2.36. The van der Waals surface area contributed by atoms with E-state index in [2.05, 4.69) is 17.1 Å². The molecule has 0 aliphatic carbocycles. The maximum Gasteiger partial charge on any atom is 0.223 e. The topological polar surface area (TPSA) is 29.5 Å². The molecule has 0 N–H and O–H groups in total. The van der Waals surface area contributed by atoms with Gasteiger partial charge in [-0.3, -0.25) is 4.79 Å². The van der Waals surface area contributed by atoms with E-state index in [4.69, 9.17) is 4.74 Å². The highest BCUT2D eigenvalue weighted by atomic mass is 16.5. The van der Waals surface area contributed by atoms with Crippen LogP contribution < -0.4 is 4.74 Å². The summed E-state index contributed by atoms with van der Waals surface area (Å²) in [5.74, 6) is 1.16. The van der Waals surface area contributed by atoms with Crippen molar-refractivity contribution in [2.45, 2.75) is 44.2 Å². The van der Waals surface area contributed by atoms with Gasteiger partial charge in [0.2, 0.25) is 5.91 Å². The fourth-order valence-electron chi connectivity index (χ4n) is 3.29. The van der Waals surface area contributed by atoms with E-state index in [-0.39, 0.29) is 0 Å². The van der Waals surface area contributed by atoms with Gasteiger partial charge in [0.1, 0.15) is 5.75 Å². The highest BCUT2D eigenvalue weighted by Crippen LogP contribution is 2.32. The molecule has 2 aliphatic heterocycles. The zero-order valence-electron chi connectivity index (χ0n) is 11.9. The summed E-state index contributed by atoms with van der Waals surface area (Å²) in [6.45, 7) is 0. The maximum absolute atomic E-state index is 12.4. The molecule has 106 valence electrons. The molecule has 1 amide bonds. The molecule has 2 atom stereocenters. The quantitative estimate of drug-likeness (QED) is 0.788. The fraction of sp³-hybridized carbons (Fsp3) is 0.471. The van der Waals surface area contributed by atoms with E-state index in [1.807, 2.05) is 24.3 Å². The van der Waals surface area contributed by atoms with Crippen LogP contribution in [0.25, 0.3) is 0 Å². The third-order valence-electron chi connectivity index (χ3n) is 4.39. The molecule has 2 aliphatic rings. The SMILES string of the molecule is COc1ccc(CCC(=O)N2[C@H]3CC=C[C@H]2CC3)cc1. The van der Waals surface area contributed by atoms with Gasteiger partial charge >= 0.3 is 0 Å². The van der Waals surface area contributed by atoms with Gasteiger partial charge in [0.25, 0.3) is 0 Å². The summed E-state index contributed by atoms with van der Waals surface area (Å²) < 4.78 is 5.14. The molecule has 2 heterocycles. The second-order valence-corrected chi connectivity index (χ2v) is 5.61. The van der Waals surface area contributed by atoms with Gasteiger partial charge in [-0.15, -0.1) is 0 Å². The van der Waals surface area contributed by atoms with Crippen molar-refractivity contribution in [2.24, 2.45) is 0 Å². The van der Waals surface area contributed by atoms with Gasteiger partial charge < -0.3 is 9.64 Å². The molecule has 0 radical (unpaired) electrons. The molecule has 1 aromatic carbocycles. The summed E-state index contributed by atoms with van der Waals surface area (Å²) in [4.78, 5) is 14.5. The van der Waals surface area contributed by atoms with Crippen molar-refractivity contribution in [3.05, 3.63) is 42.0 Å². The molecule has 3 rings (SSSR count). The maximum atomic E-state index is 12.4. The number of ether oxygens (including phenoxy) is 1. The molecule has 0 aromatic heterocycles. The molecule has 1 saturated heterocycles. The number of benzene rings is 1. The average molecular weight is 271 g/mol.